The molecule has 1 heterocycles. The number of amides is 1. The number of aliphatic carboxylic acids is 1. The van der Waals surface area contributed by atoms with Crippen molar-refractivity contribution in [2.45, 2.75) is 31.2 Å². The summed E-state index contributed by atoms with van der Waals surface area (Å²) >= 11 is 0. The molecule has 0 unspecified atom stereocenters. The highest BCUT2D eigenvalue weighted by Gasteiger charge is 2.52. The Kier molecular flexibility index (Phi) is 3.94. The fourth-order valence-corrected chi connectivity index (χ4v) is 3.69. The first-order valence-corrected chi connectivity index (χ1v) is 8.82. The van der Waals surface area contributed by atoms with Crippen LogP contribution in [0.25, 0.3) is 0 Å². The smallest absolute Gasteiger partial charge is 0.314 e. The summed E-state index contributed by atoms with van der Waals surface area (Å²) in [7, 11) is 1.63. The van der Waals surface area contributed by atoms with Gasteiger partial charge in [0.2, 0.25) is 0 Å². The highest BCUT2D eigenvalue weighted by molar-refractivity contribution is 5.97. The van der Waals surface area contributed by atoms with E-state index in [9.17, 15) is 14.7 Å². The number of carbonyl (C=O) groups excluding carboxylic acids is 1. The molecule has 0 aromatic heterocycles. The van der Waals surface area contributed by atoms with Crippen LogP contribution in [0.2, 0.25) is 0 Å². The number of carboxylic acid groups (broad SMARTS) is 1. The summed E-state index contributed by atoms with van der Waals surface area (Å²) in [5.74, 6) is 0.0403. The van der Waals surface area contributed by atoms with Crippen LogP contribution in [0.4, 0.5) is 0 Å². The number of hydrogen-bond donors (Lipinski definition) is 1. The molecule has 4 rings (SSSR count). The summed E-state index contributed by atoms with van der Waals surface area (Å²) in [6.45, 7) is 1.20. The Balaban J connectivity index is 1.54. The number of fused-ring (bicyclic) bond motifs is 1. The fraction of sp³-hybridized carbons (Fsp3) is 0.333. The van der Waals surface area contributed by atoms with Crippen molar-refractivity contribution < 1.29 is 19.4 Å². The number of rotatable bonds is 5. The van der Waals surface area contributed by atoms with E-state index in [2.05, 4.69) is 0 Å². The van der Waals surface area contributed by atoms with Crippen LogP contribution in [-0.4, -0.2) is 35.5 Å². The van der Waals surface area contributed by atoms with Crippen molar-refractivity contribution in [2.24, 2.45) is 0 Å². The first-order chi connectivity index (χ1) is 12.5. The zero-order valence-electron chi connectivity index (χ0n) is 14.7. The van der Waals surface area contributed by atoms with Crippen molar-refractivity contribution in [3.05, 3.63) is 64.7 Å². The first-order valence-electron chi connectivity index (χ1n) is 8.82. The molecule has 1 fully saturated rings. The number of hydrogen-bond acceptors (Lipinski definition) is 3. The number of carboxylic acids is 1. The highest BCUT2D eigenvalue weighted by Crippen LogP contribution is 2.49. The summed E-state index contributed by atoms with van der Waals surface area (Å²) in [5, 5.41) is 9.47. The van der Waals surface area contributed by atoms with Crippen molar-refractivity contribution in [3.63, 3.8) is 0 Å². The minimum Gasteiger partial charge on any atom is -0.497 e. The zero-order chi connectivity index (χ0) is 18.3. The molecule has 0 atom stereocenters. The van der Waals surface area contributed by atoms with E-state index in [1.54, 1.807) is 13.2 Å². The van der Waals surface area contributed by atoms with Crippen LogP contribution in [0.5, 0.6) is 5.75 Å². The van der Waals surface area contributed by atoms with Gasteiger partial charge in [0.25, 0.3) is 5.91 Å². The maximum absolute atomic E-state index is 12.8. The lowest BCUT2D eigenvalue weighted by Gasteiger charge is -2.29. The minimum absolute atomic E-state index is 0.00814. The Morgan fingerprint density at radius 2 is 1.92 bits per heavy atom. The third kappa shape index (κ3) is 2.73. The standard InChI is InChI=1S/C21H21NO4/c1-26-17-5-2-14(3-6-17)13-22-11-8-15-12-16(4-7-18(15)19(22)23)21(9-10-21)20(24)25/h2-7,12H,8-11,13H2,1H3,(H,24,25). The summed E-state index contributed by atoms with van der Waals surface area (Å²) in [6.07, 6.45) is 2.11. The van der Waals surface area contributed by atoms with Gasteiger partial charge >= 0.3 is 5.97 Å². The molecule has 0 saturated heterocycles. The second kappa shape index (κ2) is 6.16. The highest BCUT2D eigenvalue weighted by atomic mass is 16.5. The molecule has 5 nitrogen and oxygen atoms in total. The molecule has 1 amide bonds. The van der Waals surface area contributed by atoms with Crippen LogP contribution in [0.3, 0.4) is 0 Å². The molecule has 0 radical (unpaired) electrons. The SMILES string of the molecule is COc1ccc(CN2CCc3cc(C4(C(=O)O)CC4)ccc3C2=O)cc1. The lowest BCUT2D eigenvalue weighted by molar-refractivity contribution is -0.140. The molecule has 134 valence electrons. The lowest BCUT2D eigenvalue weighted by atomic mass is 9.89. The first kappa shape index (κ1) is 16.6. The molecule has 2 aromatic rings. The summed E-state index contributed by atoms with van der Waals surface area (Å²) in [5.41, 5.74) is 2.82. The molecule has 1 aliphatic heterocycles. The Morgan fingerprint density at radius 1 is 1.19 bits per heavy atom. The van der Waals surface area contributed by atoms with Gasteiger partial charge < -0.3 is 14.7 Å². The molecule has 0 bridgehead atoms. The van der Waals surface area contributed by atoms with Gasteiger partial charge in [0.1, 0.15) is 5.75 Å². The van der Waals surface area contributed by atoms with E-state index in [-0.39, 0.29) is 5.91 Å². The normalized spacial score (nSPS) is 17.6. The second-order valence-corrected chi connectivity index (χ2v) is 7.08. The van der Waals surface area contributed by atoms with E-state index in [4.69, 9.17) is 4.74 Å². The van der Waals surface area contributed by atoms with Crippen molar-refractivity contribution in [1.29, 1.82) is 0 Å². The number of benzene rings is 2. The predicted octanol–water partition coefficient (Wildman–Crippen LogP) is 3.01. The van der Waals surface area contributed by atoms with Gasteiger partial charge in [-0.3, -0.25) is 9.59 Å². The average molecular weight is 351 g/mol. The molecular formula is C21H21NO4. The number of nitrogens with zero attached hydrogens (tertiary/aromatic N) is 1. The Bertz CT molecular complexity index is 868. The molecule has 2 aromatic carbocycles. The van der Waals surface area contributed by atoms with Crippen LogP contribution < -0.4 is 4.74 Å². The molecular weight excluding hydrogens is 330 g/mol. The van der Waals surface area contributed by atoms with E-state index >= 15 is 0 Å². The van der Waals surface area contributed by atoms with Crippen molar-refractivity contribution >= 4 is 11.9 Å². The van der Waals surface area contributed by atoms with Gasteiger partial charge in [0.05, 0.1) is 12.5 Å². The Hall–Kier alpha value is -2.82. The van der Waals surface area contributed by atoms with Crippen LogP contribution in [0, 0.1) is 0 Å². The quantitative estimate of drug-likeness (QED) is 0.899. The van der Waals surface area contributed by atoms with Crippen LogP contribution >= 0.6 is 0 Å². The van der Waals surface area contributed by atoms with Gasteiger partial charge in [0.15, 0.2) is 0 Å². The van der Waals surface area contributed by atoms with Gasteiger partial charge in [-0.2, -0.15) is 0 Å². The second-order valence-electron chi connectivity index (χ2n) is 7.08. The van der Waals surface area contributed by atoms with Gasteiger partial charge in [-0.25, -0.2) is 0 Å². The summed E-state index contributed by atoms with van der Waals surface area (Å²) < 4.78 is 5.16. The maximum Gasteiger partial charge on any atom is 0.314 e. The van der Waals surface area contributed by atoms with E-state index in [1.165, 1.54) is 0 Å². The van der Waals surface area contributed by atoms with Crippen LogP contribution in [0.1, 0.15) is 39.9 Å². The minimum atomic E-state index is -0.763. The van der Waals surface area contributed by atoms with Crippen molar-refractivity contribution in [2.75, 3.05) is 13.7 Å². The molecule has 0 spiro atoms. The van der Waals surface area contributed by atoms with E-state index in [1.807, 2.05) is 41.3 Å². The van der Waals surface area contributed by atoms with Crippen LogP contribution in [0.15, 0.2) is 42.5 Å². The number of methoxy groups -OCH3 is 1. The largest absolute Gasteiger partial charge is 0.497 e. The molecule has 26 heavy (non-hydrogen) atoms. The van der Waals surface area contributed by atoms with Gasteiger partial charge in [-0.15, -0.1) is 0 Å². The van der Waals surface area contributed by atoms with Gasteiger partial charge in [-0.1, -0.05) is 24.3 Å². The van der Waals surface area contributed by atoms with Crippen LogP contribution in [-0.2, 0) is 23.2 Å². The average Bonchev–Trinajstić information content (AvgIpc) is 3.46. The van der Waals surface area contributed by atoms with Gasteiger partial charge in [0, 0.05) is 18.7 Å². The number of carbonyl (C=O) groups is 2. The van der Waals surface area contributed by atoms with E-state index in [0.717, 1.165) is 28.9 Å². The Morgan fingerprint density at radius 3 is 2.54 bits per heavy atom. The topological polar surface area (TPSA) is 66.8 Å². The molecule has 2 aliphatic rings. The molecule has 1 N–H and O–H groups in total. The molecule has 1 saturated carbocycles. The lowest BCUT2D eigenvalue weighted by Crippen LogP contribution is -2.37. The van der Waals surface area contributed by atoms with Crippen molar-refractivity contribution in [3.8, 4) is 5.75 Å². The van der Waals surface area contributed by atoms with E-state index in [0.29, 0.717) is 31.5 Å². The third-order valence-corrected chi connectivity index (χ3v) is 5.52. The molecule has 5 heteroatoms. The van der Waals surface area contributed by atoms with Crippen molar-refractivity contribution in [1.82, 2.24) is 4.90 Å². The third-order valence-electron chi connectivity index (χ3n) is 5.52. The fourth-order valence-electron chi connectivity index (χ4n) is 3.69. The summed E-state index contributed by atoms with van der Waals surface area (Å²) in [6, 6.07) is 13.3. The van der Waals surface area contributed by atoms with E-state index < -0.39 is 11.4 Å². The monoisotopic (exact) mass is 351 g/mol. The maximum atomic E-state index is 12.8. The Labute approximate surface area is 152 Å². The number of ether oxygens (including phenoxy) is 1. The summed E-state index contributed by atoms with van der Waals surface area (Å²) in [4.78, 5) is 26.2. The van der Waals surface area contributed by atoms with Gasteiger partial charge in [-0.05, 0) is 54.2 Å². The zero-order valence-corrected chi connectivity index (χ0v) is 14.7. The molecule has 1 aliphatic carbocycles. The predicted molar refractivity (Wildman–Crippen MR) is 96.4 cm³/mol.